The second kappa shape index (κ2) is 5.35. The molecular weight excluding hydrogens is 196 g/mol. The van der Waals surface area contributed by atoms with Crippen molar-refractivity contribution in [3.8, 4) is 0 Å². The maximum Gasteiger partial charge on any atom is 0.0618 e. The van der Waals surface area contributed by atoms with Gasteiger partial charge in [-0.2, -0.15) is 0 Å². The average Bonchev–Trinajstić information content (AvgIpc) is 1.96. The van der Waals surface area contributed by atoms with Crippen LogP contribution >= 0.6 is 0 Å². The van der Waals surface area contributed by atoms with Crippen LogP contribution in [0.4, 0.5) is 0 Å². The maximum absolute atomic E-state index is 5.98. The van der Waals surface area contributed by atoms with Crippen LogP contribution in [0.2, 0.25) is 0 Å². The van der Waals surface area contributed by atoms with E-state index in [0.29, 0.717) is 17.6 Å². The van der Waals surface area contributed by atoms with Crippen molar-refractivity contribution in [2.24, 2.45) is 11.3 Å². The fourth-order valence-electron chi connectivity index (χ4n) is 2.95. The van der Waals surface area contributed by atoms with E-state index in [9.17, 15) is 0 Å². The molecule has 0 bridgehead atoms. The molecule has 94 valence electrons. The first-order valence-corrected chi connectivity index (χ1v) is 6.58. The Morgan fingerprint density at radius 3 is 2.50 bits per heavy atom. The highest BCUT2D eigenvalue weighted by Crippen LogP contribution is 2.31. The largest absolute Gasteiger partial charge is 0.375 e. The van der Waals surface area contributed by atoms with Crippen LogP contribution in [0.15, 0.2) is 12.2 Å². The molecule has 1 nitrogen and oxygen atoms in total. The normalized spacial score (nSPS) is 29.2. The number of ether oxygens (including phenoxy) is 1. The zero-order chi connectivity index (χ0) is 12.3. The molecule has 1 heteroatoms. The molecule has 16 heavy (non-hydrogen) atoms. The van der Waals surface area contributed by atoms with Crippen LogP contribution in [0.25, 0.3) is 0 Å². The summed E-state index contributed by atoms with van der Waals surface area (Å²) < 4.78 is 5.98. The molecule has 0 spiro atoms. The molecule has 0 aromatic rings. The van der Waals surface area contributed by atoms with E-state index in [2.05, 4.69) is 41.2 Å². The topological polar surface area (TPSA) is 9.23 Å². The molecular formula is C15H28O. The molecule has 3 unspecified atom stereocenters. The second-order valence-electron chi connectivity index (χ2n) is 6.83. The molecule has 0 aromatic heterocycles. The highest BCUT2D eigenvalue weighted by atomic mass is 16.5. The summed E-state index contributed by atoms with van der Waals surface area (Å²) in [6.07, 6.45) is 5.35. The van der Waals surface area contributed by atoms with Gasteiger partial charge in [0.15, 0.2) is 0 Å². The number of hydrogen-bond donors (Lipinski definition) is 0. The minimum absolute atomic E-state index is 0.369. The van der Waals surface area contributed by atoms with Gasteiger partial charge in [-0.1, -0.05) is 39.8 Å². The monoisotopic (exact) mass is 224 g/mol. The van der Waals surface area contributed by atoms with Gasteiger partial charge >= 0.3 is 0 Å². The zero-order valence-electron chi connectivity index (χ0n) is 11.7. The van der Waals surface area contributed by atoms with Crippen molar-refractivity contribution >= 4 is 0 Å². The lowest BCUT2D eigenvalue weighted by atomic mass is 9.82. The van der Waals surface area contributed by atoms with Crippen molar-refractivity contribution in [2.45, 2.75) is 72.5 Å². The molecule has 0 aliphatic carbocycles. The summed E-state index contributed by atoms with van der Waals surface area (Å²) in [5, 5.41) is 0. The van der Waals surface area contributed by atoms with E-state index in [4.69, 9.17) is 4.74 Å². The van der Waals surface area contributed by atoms with Gasteiger partial charge in [-0.15, -0.1) is 0 Å². The summed E-state index contributed by atoms with van der Waals surface area (Å²) in [5.41, 5.74) is 1.79. The Balaban J connectivity index is 2.38. The lowest BCUT2D eigenvalue weighted by Gasteiger charge is -2.32. The van der Waals surface area contributed by atoms with E-state index in [0.717, 1.165) is 18.8 Å². The molecule has 1 rings (SSSR count). The summed E-state index contributed by atoms with van der Waals surface area (Å²) in [5.74, 6) is 0.739. The van der Waals surface area contributed by atoms with Crippen molar-refractivity contribution < 1.29 is 4.74 Å². The van der Waals surface area contributed by atoms with Gasteiger partial charge in [0.05, 0.1) is 12.2 Å². The standard InChI is InChI=1S/C15H28O/c1-11-7-13(3)16-14(8-11)9-12(2)10-15(4,5)6/h12-14H,1,7-10H2,2-6H3. The maximum atomic E-state index is 5.98. The minimum Gasteiger partial charge on any atom is -0.375 e. The number of hydrogen-bond acceptors (Lipinski definition) is 1. The van der Waals surface area contributed by atoms with Crippen LogP contribution in [0.3, 0.4) is 0 Å². The van der Waals surface area contributed by atoms with E-state index in [1.165, 1.54) is 18.4 Å². The predicted octanol–water partition coefficient (Wildman–Crippen LogP) is 4.57. The number of rotatable bonds is 3. The van der Waals surface area contributed by atoms with Gasteiger partial charge in [0, 0.05) is 0 Å². The summed E-state index contributed by atoms with van der Waals surface area (Å²) in [6.45, 7) is 15.6. The Morgan fingerprint density at radius 2 is 2.00 bits per heavy atom. The molecule has 0 saturated carbocycles. The minimum atomic E-state index is 0.369. The highest BCUT2D eigenvalue weighted by molar-refractivity contribution is 5.01. The lowest BCUT2D eigenvalue weighted by molar-refractivity contribution is -0.0333. The Morgan fingerprint density at radius 1 is 1.38 bits per heavy atom. The van der Waals surface area contributed by atoms with Crippen molar-refractivity contribution in [3.63, 3.8) is 0 Å². The quantitative estimate of drug-likeness (QED) is 0.638. The van der Waals surface area contributed by atoms with Crippen molar-refractivity contribution in [1.29, 1.82) is 0 Å². The van der Waals surface area contributed by atoms with E-state index < -0.39 is 0 Å². The first-order valence-electron chi connectivity index (χ1n) is 6.58. The van der Waals surface area contributed by atoms with Gasteiger partial charge in [-0.25, -0.2) is 0 Å². The predicted molar refractivity (Wildman–Crippen MR) is 70.6 cm³/mol. The average molecular weight is 224 g/mol. The van der Waals surface area contributed by atoms with Gasteiger partial charge in [-0.05, 0) is 43.9 Å². The van der Waals surface area contributed by atoms with Gasteiger partial charge in [-0.3, -0.25) is 0 Å². The first kappa shape index (κ1) is 13.8. The van der Waals surface area contributed by atoms with Crippen molar-refractivity contribution in [1.82, 2.24) is 0 Å². The van der Waals surface area contributed by atoms with Crippen LogP contribution in [0, 0.1) is 11.3 Å². The summed E-state index contributed by atoms with van der Waals surface area (Å²) >= 11 is 0. The van der Waals surface area contributed by atoms with Crippen LogP contribution in [-0.4, -0.2) is 12.2 Å². The summed E-state index contributed by atoms with van der Waals surface area (Å²) in [4.78, 5) is 0. The fraction of sp³-hybridized carbons (Fsp3) is 0.867. The molecule has 3 atom stereocenters. The van der Waals surface area contributed by atoms with Gasteiger partial charge in [0.25, 0.3) is 0 Å². The smallest absolute Gasteiger partial charge is 0.0618 e. The van der Waals surface area contributed by atoms with E-state index in [1.807, 2.05) is 0 Å². The molecule has 1 fully saturated rings. The highest BCUT2D eigenvalue weighted by Gasteiger charge is 2.25. The molecule has 0 radical (unpaired) electrons. The fourth-order valence-corrected chi connectivity index (χ4v) is 2.95. The molecule has 0 N–H and O–H groups in total. The first-order chi connectivity index (χ1) is 7.26. The lowest BCUT2D eigenvalue weighted by Crippen LogP contribution is -2.29. The molecule has 0 amide bonds. The Labute approximate surface area is 101 Å². The second-order valence-corrected chi connectivity index (χ2v) is 6.83. The van der Waals surface area contributed by atoms with Crippen LogP contribution in [0.5, 0.6) is 0 Å². The van der Waals surface area contributed by atoms with Crippen molar-refractivity contribution in [3.05, 3.63) is 12.2 Å². The Bertz CT molecular complexity index is 236. The van der Waals surface area contributed by atoms with Gasteiger partial charge < -0.3 is 4.74 Å². The molecule has 1 aliphatic heterocycles. The third-order valence-electron chi connectivity index (χ3n) is 3.14. The third kappa shape index (κ3) is 5.16. The Hall–Kier alpha value is -0.300. The van der Waals surface area contributed by atoms with E-state index in [1.54, 1.807) is 0 Å². The van der Waals surface area contributed by atoms with E-state index >= 15 is 0 Å². The molecule has 1 saturated heterocycles. The zero-order valence-corrected chi connectivity index (χ0v) is 11.7. The van der Waals surface area contributed by atoms with E-state index in [-0.39, 0.29) is 0 Å². The van der Waals surface area contributed by atoms with Crippen LogP contribution in [0.1, 0.15) is 60.3 Å². The molecule has 1 aliphatic rings. The summed E-state index contributed by atoms with van der Waals surface area (Å²) in [7, 11) is 0. The third-order valence-corrected chi connectivity index (χ3v) is 3.14. The van der Waals surface area contributed by atoms with Gasteiger partial charge in [0.2, 0.25) is 0 Å². The Kier molecular flexibility index (Phi) is 4.61. The van der Waals surface area contributed by atoms with Gasteiger partial charge in [0.1, 0.15) is 0 Å². The molecule has 1 heterocycles. The SMILES string of the molecule is C=C1CC(C)OC(CC(C)CC(C)(C)C)C1. The van der Waals surface area contributed by atoms with Crippen LogP contribution in [-0.2, 0) is 4.74 Å². The summed E-state index contributed by atoms with van der Waals surface area (Å²) in [6, 6.07) is 0. The van der Waals surface area contributed by atoms with Crippen LogP contribution < -0.4 is 0 Å². The molecule has 0 aromatic carbocycles. The van der Waals surface area contributed by atoms with Crippen molar-refractivity contribution in [2.75, 3.05) is 0 Å².